The van der Waals surface area contributed by atoms with Gasteiger partial charge in [-0.1, -0.05) is 30.3 Å². The lowest BCUT2D eigenvalue weighted by Gasteiger charge is -2.36. The van der Waals surface area contributed by atoms with Gasteiger partial charge in [0.25, 0.3) is 0 Å². The van der Waals surface area contributed by atoms with Crippen LogP contribution < -0.4 is 4.74 Å². The third-order valence-corrected chi connectivity index (χ3v) is 4.77. The first-order valence-electron chi connectivity index (χ1n) is 9.74. The molecule has 30 heavy (non-hydrogen) atoms. The quantitative estimate of drug-likeness (QED) is 0.699. The predicted octanol–water partition coefficient (Wildman–Crippen LogP) is 4.24. The van der Waals surface area contributed by atoms with Gasteiger partial charge < -0.3 is 14.2 Å². The van der Waals surface area contributed by atoms with E-state index >= 15 is 0 Å². The summed E-state index contributed by atoms with van der Waals surface area (Å²) >= 11 is 0. The average Bonchev–Trinajstić information content (AvgIpc) is 2.71. The lowest BCUT2D eigenvalue weighted by atomic mass is 9.92. The Labute approximate surface area is 175 Å². The molecule has 1 aliphatic heterocycles. The van der Waals surface area contributed by atoms with E-state index in [0.717, 1.165) is 5.56 Å². The van der Waals surface area contributed by atoms with Crippen LogP contribution in [-0.4, -0.2) is 35.7 Å². The number of esters is 1. The number of ether oxygens (including phenoxy) is 3. The predicted molar refractivity (Wildman–Crippen MR) is 108 cm³/mol. The van der Waals surface area contributed by atoms with Gasteiger partial charge in [0.05, 0.1) is 13.7 Å². The molecule has 2 aromatic carbocycles. The van der Waals surface area contributed by atoms with Crippen molar-refractivity contribution >= 4 is 12.1 Å². The van der Waals surface area contributed by atoms with Crippen LogP contribution in [0.5, 0.6) is 5.75 Å². The number of benzene rings is 2. The minimum atomic E-state index is -0.932. The fourth-order valence-corrected chi connectivity index (χ4v) is 3.35. The summed E-state index contributed by atoms with van der Waals surface area (Å²) in [5.74, 6) is -0.577. The molecule has 0 saturated carbocycles. The highest BCUT2D eigenvalue weighted by atomic mass is 19.1. The third kappa shape index (κ3) is 4.90. The topological polar surface area (TPSA) is 65.1 Å². The Morgan fingerprint density at radius 2 is 1.80 bits per heavy atom. The summed E-state index contributed by atoms with van der Waals surface area (Å²) < 4.78 is 30.9. The fraction of sp³-hybridized carbons (Fsp3) is 0.391. The SMILES string of the molecule is COC(=O)C1Cc2c(OCc3ccccc3)ccc(F)c2CN1C(=O)OC(C)(C)C. The normalized spacial score (nSPS) is 15.9. The van der Waals surface area contributed by atoms with E-state index in [9.17, 15) is 14.0 Å². The number of rotatable bonds is 4. The third-order valence-electron chi connectivity index (χ3n) is 4.77. The molecule has 1 unspecified atom stereocenters. The maximum atomic E-state index is 14.6. The van der Waals surface area contributed by atoms with E-state index in [1.165, 1.54) is 18.1 Å². The average molecular weight is 415 g/mol. The van der Waals surface area contributed by atoms with Crippen LogP contribution >= 0.6 is 0 Å². The molecule has 0 radical (unpaired) electrons. The first-order chi connectivity index (χ1) is 14.2. The van der Waals surface area contributed by atoms with Gasteiger partial charge in [-0.05, 0) is 38.5 Å². The summed E-state index contributed by atoms with van der Waals surface area (Å²) in [5.41, 5.74) is 1.08. The van der Waals surface area contributed by atoms with Crippen molar-refractivity contribution in [1.82, 2.24) is 4.90 Å². The van der Waals surface area contributed by atoms with E-state index in [4.69, 9.17) is 14.2 Å². The number of nitrogens with zero attached hydrogens (tertiary/aromatic N) is 1. The summed E-state index contributed by atoms with van der Waals surface area (Å²) in [6.07, 6.45) is -0.623. The number of carbonyl (C=O) groups excluding carboxylic acids is 2. The molecule has 2 aromatic rings. The number of hydrogen-bond acceptors (Lipinski definition) is 5. The highest BCUT2D eigenvalue weighted by Crippen LogP contribution is 2.34. The molecule has 0 aromatic heterocycles. The molecule has 0 aliphatic carbocycles. The standard InChI is InChI=1S/C23H26FNO5/c1-23(2,3)30-22(27)25-13-17-16(12-19(25)21(26)28-4)20(11-10-18(17)24)29-14-15-8-6-5-7-9-15/h5-11,19H,12-14H2,1-4H3. The van der Waals surface area contributed by atoms with Gasteiger partial charge in [-0.15, -0.1) is 0 Å². The molecule has 1 heterocycles. The zero-order chi connectivity index (χ0) is 21.9. The molecule has 0 saturated heterocycles. The van der Waals surface area contributed by atoms with Crippen molar-refractivity contribution in [3.8, 4) is 5.75 Å². The molecule has 1 amide bonds. The first kappa shape index (κ1) is 21.6. The first-order valence-corrected chi connectivity index (χ1v) is 9.74. The number of methoxy groups -OCH3 is 1. The highest BCUT2D eigenvalue weighted by molar-refractivity contribution is 5.82. The monoisotopic (exact) mass is 415 g/mol. The minimum Gasteiger partial charge on any atom is -0.489 e. The molecule has 0 fully saturated rings. The number of amides is 1. The fourth-order valence-electron chi connectivity index (χ4n) is 3.35. The van der Waals surface area contributed by atoms with Crippen LogP contribution in [-0.2, 0) is 33.8 Å². The molecule has 3 rings (SSSR count). The zero-order valence-electron chi connectivity index (χ0n) is 17.6. The Balaban J connectivity index is 1.92. The van der Waals surface area contributed by atoms with Crippen molar-refractivity contribution in [2.24, 2.45) is 0 Å². The Kier molecular flexibility index (Phi) is 6.29. The lowest BCUT2D eigenvalue weighted by molar-refractivity contribution is -0.147. The van der Waals surface area contributed by atoms with Crippen LogP contribution in [0.2, 0.25) is 0 Å². The summed E-state index contributed by atoms with van der Waals surface area (Å²) in [7, 11) is 1.25. The number of carbonyl (C=O) groups is 2. The molecular weight excluding hydrogens is 389 g/mol. The van der Waals surface area contributed by atoms with Crippen LogP contribution in [0.3, 0.4) is 0 Å². The van der Waals surface area contributed by atoms with Crippen molar-refractivity contribution in [2.45, 2.75) is 52.0 Å². The Hall–Kier alpha value is -3.09. The van der Waals surface area contributed by atoms with E-state index in [-0.39, 0.29) is 13.0 Å². The van der Waals surface area contributed by atoms with Crippen molar-refractivity contribution < 1.29 is 28.2 Å². The molecular formula is C23H26FNO5. The Bertz CT molecular complexity index is 923. The van der Waals surface area contributed by atoms with Crippen LogP contribution in [0.4, 0.5) is 9.18 Å². The zero-order valence-corrected chi connectivity index (χ0v) is 17.6. The Morgan fingerprint density at radius 1 is 1.10 bits per heavy atom. The molecule has 0 spiro atoms. The maximum absolute atomic E-state index is 14.6. The van der Waals surface area contributed by atoms with E-state index in [1.54, 1.807) is 26.8 Å². The second-order valence-electron chi connectivity index (χ2n) is 8.13. The van der Waals surface area contributed by atoms with Crippen molar-refractivity contribution in [3.63, 3.8) is 0 Å². The number of fused-ring (bicyclic) bond motifs is 1. The smallest absolute Gasteiger partial charge is 0.411 e. The summed E-state index contributed by atoms with van der Waals surface area (Å²) in [5, 5.41) is 0. The van der Waals surface area contributed by atoms with Crippen LogP contribution in [0.15, 0.2) is 42.5 Å². The maximum Gasteiger partial charge on any atom is 0.411 e. The molecule has 0 bridgehead atoms. The van der Waals surface area contributed by atoms with E-state index < -0.39 is 29.5 Å². The van der Waals surface area contributed by atoms with E-state index in [1.807, 2.05) is 30.3 Å². The molecule has 7 heteroatoms. The number of hydrogen-bond donors (Lipinski definition) is 0. The van der Waals surface area contributed by atoms with Gasteiger partial charge in [-0.2, -0.15) is 0 Å². The van der Waals surface area contributed by atoms with E-state index in [2.05, 4.69) is 0 Å². The second kappa shape index (κ2) is 8.73. The van der Waals surface area contributed by atoms with Crippen molar-refractivity contribution in [3.05, 3.63) is 65.0 Å². The molecule has 1 aliphatic rings. The molecule has 160 valence electrons. The molecule has 1 atom stereocenters. The highest BCUT2D eigenvalue weighted by Gasteiger charge is 2.40. The van der Waals surface area contributed by atoms with Gasteiger partial charge in [0.15, 0.2) is 0 Å². The van der Waals surface area contributed by atoms with Crippen molar-refractivity contribution in [2.75, 3.05) is 7.11 Å². The van der Waals surface area contributed by atoms with Gasteiger partial charge in [0.1, 0.15) is 29.8 Å². The van der Waals surface area contributed by atoms with Crippen LogP contribution in [0.1, 0.15) is 37.5 Å². The van der Waals surface area contributed by atoms with E-state index in [0.29, 0.717) is 23.5 Å². The van der Waals surface area contributed by atoms with Gasteiger partial charge in [0.2, 0.25) is 0 Å². The van der Waals surface area contributed by atoms with Crippen LogP contribution in [0, 0.1) is 5.82 Å². The summed E-state index contributed by atoms with van der Waals surface area (Å²) in [6.45, 7) is 5.38. The second-order valence-corrected chi connectivity index (χ2v) is 8.13. The van der Waals surface area contributed by atoms with Gasteiger partial charge in [0, 0.05) is 17.5 Å². The van der Waals surface area contributed by atoms with Gasteiger partial charge in [-0.25, -0.2) is 14.0 Å². The molecule has 6 nitrogen and oxygen atoms in total. The summed E-state index contributed by atoms with van der Waals surface area (Å²) in [6, 6.07) is 11.5. The van der Waals surface area contributed by atoms with Crippen molar-refractivity contribution in [1.29, 1.82) is 0 Å². The van der Waals surface area contributed by atoms with Gasteiger partial charge >= 0.3 is 12.1 Å². The van der Waals surface area contributed by atoms with Crippen LogP contribution in [0.25, 0.3) is 0 Å². The lowest BCUT2D eigenvalue weighted by Crippen LogP contribution is -2.51. The summed E-state index contributed by atoms with van der Waals surface area (Å²) in [4.78, 5) is 26.3. The largest absolute Gasteiger partial charge is 0.489 e. The minimum absolute atomic E-state index is 0.0726. The van der Waals surface area contributed by atoms with Gasteiger partial charge in [-0.3, -0.25) is 4.90 Å². The molecule has 0 N–H and O–H groups in total. The Morgan fingerprint density at radius 3 is 2.43 bits per heavy atom. The number of halogens is 1.